The second-order valence-electron chi connectivity index (χ2n) is 6.78. The van der Waals surface area contributed by atoms with E-state index in [0.29, 0.717) is 5.56 Å². The number of thioether (sulfide) groups is 1. The molecule has 2 aromatic rings. The average Bonchev–Trinajstić information content (AvgIpc) is 2.54. The third kappa shape index (κ3) is 3.21. The average molecular weight is 342 g/mol. The summed E-state index contributed by atoms with van der Waals surface area (Å²) in [5, 5.41) is 8.74. The van der Waals surface area contributed by atoms with Crippen LogP contribution < -0.4 is 0 Å². The Morgan fingerprint density at radius 2 is 1.92 bits per heavy atom. The minimum atomic E-state index is -0.600. The molecule has 0 radical (unpaired) electrons. The van der Waals surface area contributed by atoms with Crippen molar-refractivity contribution in [1.29, 1.82) is 0 Å². The Hall–Kier alpha value is -1.78. The Morgan fingerprint density at radius 1 is 1.21 bits per heavy atom. The number of hydrogen-bond donors (Lipinski definition) is 1. The number of ether oxygens (including phenoxy) is 1. The second-order valence-corrected chi connectivity index (χ2v) is 7.92. The highest BCUT2D eigenvalue weighted by Crippen LogP contribution is 2.43. The molecule has 0 amide bonds. The van der Waals surface area contributed by atoms with Crippen molar-refractivity contribution in [3.63, 3.8) is 0 Å². The minimum Gasteiger partial charge on any atom is -0.435 e. The molecular formula is C20H22O3S. The van der Waals surface area contributed by atoms with Gasteiger partial charge >= 0.3 is 5.97 Å². The maximum atomic E-state index is 11.8. The van der Waals surface area contributed by atoms with Crippen LogP contribution in [-0.2, 0) is 10.2 Å². The van der Waals surface area contributed by atoms with Gasteiger partial charge in [-0.25, -0.2) is 4.79 Å². The molecule has 24 heavy (non-hydrogen) atoms. The van der Waals surface area contributed by atoms with Crippen LogP contribution in [0.15, 0.2) is 41.3 Å². The molecule has 126 valence electrons. The lowest BCUT2D eigenvalue weighted by Crippen LogP contribution is -2.22. The van der Waals surface area contributed by atoms with E-state index in [2.05, 4.69) is 36.8 Å². The highest BCUT2D eigenvalue weighted by atomic mass is 32.2. The van der Waals surface area contributed by atoms with Crippen LogP contribution >= 0.6 is 11.8 Å². The number of aliphatic hydroxyl groups is 1. The molecule has 0 atom stereocenters. The lowest BCUT2D eigenvalue weighted by atomic mass is 9.80. The molecular weight excluding hydrogens is 320 g/mol. The van der Waals surface area contributed by atoms with Crippen LogP contribution in [0, 0.1) is 6.92 Å². The number of hydrogen-bond acceptors (Lipinski definition) is 4. The van der Waals surface area contributed by atoms with Crippen LogP contribution in [0.3, 0.4) is 0 Å². The fourth-order valence-electron chi connectivity index (χ4n) is 3.12. The second kappa shape index (κ2) is 6.61. The smallest absolute Gasteiger partial charge is 0.340 e. The predicted molar refractivity (Wildman–Crippen MR) is 97.5 cm³/mol. The van der Waals surface area contributed by atoms with Crippen LogP contribution in [0.1, 0.15) is 41.8 Å². The summed E-state index contributed by atoms with van der Waals surface area (Å²) in [5.41, 5.74) is 5.17. The summed E-state index contributed by atoms with van der Waals surface area (Å²) in [6.45, 7) is 5.89. The van der Waals surface area contributed by atoms with Gasteiger partial charge in [-0.2, -0.15) is 0 Å². The van der Waals surface area contributed by atoms with Crippen molar-refractivity contribution >= 4 is 17.7 Å². The predicted octanol–water partition coefficient (Wildman–Crippen LogP) is 4.54. The molecule has 1 N–H and O–H groups in total. The molecule has 2 aromatic carbocycles. The summed E-state index contributed by atoms with van der Waals surface area (Å²) >= 11 is 1.93. The number of carbonyl (C=O) groups excluding carboxylic acids is 1. The minimum absolute atomic E-state index is 0.191. The van der Waals surface area contributed by atoms with Gasteiger partial charge in [0.25, 0.3) is 0 Å². The number of benzene rings is 2. The van der Waals surface area contributed by atoms with Crippen molar-refractivity contribution in [3.8, 4) is 11.1 Å². The van der Waals surface area contributed by atoms with E-state index >= 15 is 0 Å². The first-order valence-electron chi connectivity index (χ1n) is 8.09. The van der Waals surface area contributed by atoms with Crippen molar-refractivity contribution in [2.24, 2.45) is 0 Å². The van der Waals surface area contributed by atoms with E-state index in [9.17, 15) is 4.79 Å². The first-order chi connectivity index (χ1) is 11.4. The van der Waals surface area contributed by atoms with Crippen LogP contribution in [0.4, 0.5) is 0 Å². The topological polar surface area (TPSA) is 46.5 Å². The summed E-state index contributed by atoms with van der Waals surface area (Å²) in [6, 6.07) is 12.3. The molecule has 1 heterocycles. The maximum Gasteiger partial charge on any atom is 0.340 e. The van der Waals surface area contributed by atoms with E-state index in [1.165, 1.54) is 22.6 Å². The molecule has 1 aliphatic heterocycles. The molecule has 0 aliphatic carbocycles. The molecule has 1 aliphatic rings. The normalized spacial score (nSPS) is 15.7. The summed E-state index contributed by atoms with van der Waals surface area (Å²) < 4.78 is 4.67. The first-order valence-corrected chi connectivity index (χ1v) is 9.07. The van der Waals surface area contributed by atoms with Gasteiger partial charge < -0.3 is 9.84 Å². The number of aryl methyl sites for hydroxylation is 1. The first kappa shape index (κ1) is 17.1. The number of esters is 1. The van der Waals surface area contributed by atoms with E-state index in [1.54, 1.807) is 6.07 Å². The lowest BCUT2D eigenvalue weighted by Gasteiger charge is -2.32. The van der Waals surface area contributed by atoms with Crippen molar-refractivity contribution < 1.29 is 14.6 Å². The van der Waals surface area contributed by atoms with Crippen LogP contribution in [-0.4, -0.2) is 23.6 Å². The third-order valence-electron chi connectivity index (χ3n) is 4.67. The van der Waals surface area contributed by atoms with E-state index in [0.717, 1.165) is 16.7 Å². The van der Waals surface area contributed by atoms with Gasteiger partial charge in [-0.05, 0) is 65.0 Å². The zero-order valence-corrected chi connectivity index (χ0v) is 15.1. The molecule has 0 saturated carbocycles. The molecule has 0 fully saturated rings. The monoisotopic (exact) mass is 342 g/mol. The van der Waals surface area contributed by atoms with Gasteiger partial charge in [0, 0.05) is 4.90 Å². The molecule has 0 bridgehead atoms. The Morgan fingerprint density at radius 3 is 2.62 bits per heavy atom. The lowest BCUT2D eigenvalue weighted by molar-refractivity contribution is 0.00677. The fraction of sp³-hybridized carbons (Fsp3) is 0.350. The Balaban J connectivity index is 1.98. The molecule has 4 heteroatoms. The third-order valence-corrected chi connectivity index (χ3v) is 5.74. The number of rotatable bonds is 3. The largest absolute Gasteiger partial charge is 0.435 e. The highest BCUT2D eigenvalue weighted by Gasteiger charge is 2.28. The molecule has 3 nitrogen and oxygen atoms in total. The molecule has 0 spiro atoms. The van der Waals surface area contributed by atoms with Gasteiger partial charge in [0.15, 0.2) is 6.79 Å². The Bertz CT molecular complexity index is 780. The quantitative estimate of drug-likeness (QED) is 0.657. The van der Waals surface area contributed by atoms with E-state index in [4.69, 9.17) is 5.11 Å². The number of carbonyl (C=O) groups is 1. The zero-order chi connectivity index (χ0) is 17.3. The van der Waals surface area contributed by atoms with Gasteiger partial charge in [-0.15, -0.1) is 11.8 Å². The van der Waals surface area contributed by atoms with Crippen molar-refractivity contribution in [1.82, 2.24) is 0 Å². The molecule has 0 aromatic heterocycles. The SMILES string of the molecule is Cc1cc(-c2ccc3c(c2)C(C)(C)CCS3)ccc1C(=O)OCO. The summed E-state index contributed by atoms with van der Waals surface area (Å²) in [7, 11) is 0. The molecule has 0 saturated heterocycles. The molecule has 3 rings (SSSR count). The Kier molecular flexibility index (Phi) is 4.70. The van der Waals surface area contributed by atoms with Gasteiger partial charge in [0.1, 0.15) is 0 Å². The fourth-order valence-corrected chi connectivity index (χ4v) is 4.61. The number of aliphatic hydroxyl groups excluding tert-OH is 1. The highest BCUT2D eigenvalue weighted by molar-refractivity contribution is 7.99. The van der Waals surface area contributed by atoms with Gasteiger partial charge in [0.2, 0.25) is 0 Å². The van der Waals surface area contributed by atoms with Crippen LogP contribution in [0.2, 0.25) is 0 Å². The van der Waals surface area contributed by atoms with E-state index in [1.807, 2.05) is 30.8 Å². The number of fused-ring (bicyclic) bond motifs is 1. The summed E-state index contributed by atoms with van der Waals surface area (Å²) in [4.78, 5) is 13.2. The van der Waals surface area contributed by atoms with Gasteiger partial charge in [0.05, 0.1) is 5.56 Å². The summed E-state index contributed by atoms with van der Waals surface area (Å²) in [5.74, 6) is 0.671. The maximum absolute atomic E-state index is 11.8. The van der Waals surface area contributed by atoms with Gasteiger partial charge in [-0.3, -0.25) is 0 Å². The summed E-state index contributed by atoms with van der Waals surface area (Å²) in [6.07, 6.45) is 1.18. The van der Waals surface area contributed by atoms with Crippen LogP contribution in [0.25, 0.3) is 11.1 Å². The van der Waals surface area contributed by atoms with Crippen molar-refractivity contribution in [2.45, 2.75) is 37.5 Å². The van der Waals surface area contributed by atoms with Crippen LogP contribution in [0.5, 0.6) is 0 Å². The standard InChI is InChI=1S/C20H22O3S/c1-13-10-14(4-6-16(13)19(22)23-12-21)15-5-7-18-17(11-15)20(2,3)8-9-24-18/h4-7,10-11,21H,8-9,12H2,1-3H3. The zero-order valence-electron chi connectivity index (χ0n) is 14.3. The Labute approximate surface area is 147 Å². The van der Waals surface area contributed by atoms with E-state index < -0.39 is 12.8 Å². The molecule has 0 unspecified atom stereocenters. The van der Waals surface area contributed by atoms with Crippen molar-refractivity contribution in [3.05, 3.63) is 53.1 Å². The van der Waals surface area contributed by atoms with Crippen molar-refractivity contribution in [2.75, 3.05) is 12.5 Å². The van der Waals surface area contributed by atoms with E-state index in [-0.39, 0.29) is 5.41 Å². The van der Waals surface area contributed by atoms with Gasteiger partial charge in [-0.1, -0.05) is 32.0 Å².